The molecule has 1 aliphatic heterocycles. The van der Waals surface area contributed by atoms with Crippen LogP contribution < -0.4 is 0 Å². The third-order valence-electron chi connectivity index (χ3n) is 3.11. The van der Waals surface area contributed by atoms with Crippen LogP contribution in [0.1, 0.15) is 38.7 Å². The van der Waals surface area contributed by atoms with E-state index in [9.17, 15) is 4.79 Å². The third kappa shape index (κ3) is 5.85. The lowest BCUT2D eigenvalue weighted by Crippen LogP contribution is -2.35. The van der Waals surface area contributed by atoms with Gasteiger partial charge in [0.05, 0.1) is 0 Å². The summed E-state index contributed by atoms with van der Waals surface area (Å²) in [4.78, 5) is 22.1. The number of carboxylic acid groups (broad SMARTS) is 1. The average Bonchev–Trinajstić information content (AvgIpc) is 2.88. The molecule has 2 rings (SSSR count). The Kier molecular flexibility index (Phi) is 6.21. The first-order valence-electron chi connectivity index (χ1n) is 6.98. The molecule has 1 aromatic carbocycles. The maximum atomic E-state index is 11.9. The minimum absolute atomic E-state index is 0.194. The fraction of sp³-hybridized carbons (Fsp3) is 0.500. The van der Waals surface area contributed by atoms with Gasteiger partial charge in [0.15, 0.2) is 0 Å². The molecule has 1 heterocycles. The number of benzene rings is 1. The van der Waals surface area contributed by atoms with Gasteiger partial charge in [-0.1, -0.05) is 30.3 Å². The largest absolute Gasteiger partial charge is 0.483 e. The molecule has 1 saturated heterocycles. The molecule has 21 heavy (non-hydrogen) atoms. The van der Waals surface area contributed by atoms with E-state index >= 15 is 0 Å². The van der Waals surface area contributed by atoms with Crippen LogP contribution in [0.25, 0.3) is 0 Å². The molecule has 5 nitrogen and oxygen atoms in total. The van der Waals surface area contributed by atoms with E-state index in [0.717, 1.165) is 19.5 Å². The molecule has 5 heteroatoms. The number of carbonyl (C=O) groups is 2. The number of nitrogens with zero attached hydrogens (tertiary/aromatic N) is 1. The van der Waals surface area contributed by atoms with Gasteiger partial charge in [-0.05, 0) is 32.8 Å². The lowest BCUT2D eigenvalue weighted by molar-refractivity contribution is -0.122. The molecule has 0 unspecified atom stereocenters. The standard InChI is InChI=1S/C15H21NO2.CH2O2/c1-15(2,3)18-14(17)16-10-9-13(11-16)12-7-5-4-6-8-12;2-1-3/h4-8,13H,9-11H2,1-3H3;1H,(H,2,3)/t13-;/m1./s1. The lowest BCUT2D eigenvalue weighted by Gasteiger charge is -2.24. The van der Waals surface area contributed by atoms with Gasteiger partial charge in [0.25, 0.3) is 6.47 Å². The fourth-order valence-corrected chi connectivity index (χ4v) is 2.25. The Morgan fingerprint density at radius 1 is 1.33 bits per heavy atom. The van der Waals surface area contributed by atoms with Crippen LogP contribution in [-0.4, -0.2) is 41.3 Å². The maximum absolute atomic E-state index is 11.9. The number of amides is 1. The van der Waals surface area contributed by atoms with Crippen molar-refractivity contribution in [1.29, 1.82) is 0 Å². The average molecular weight is 293 g/mol. The van der Waals surface area contributed by atoms with E-state index in [1.54, 1.807) is 0 Å². The van der Waals surface area contributed by atoms with Gasteiger partial charge < -0.3 is 14.7 Å². The molecule has 1 aromatic rings. The van der Waals surface area contributed by atoms with Crippen LogP contribution >= 0.6 is 0 Å². The summed E-state index contributed by atoms with van der Waals surface area (Å²) in [7, 11) is 0. The Balaban J connectivity index is 0.000000677. The maximum Gasteiger partial charge on any atom is 0.410 e. The Morgan fingerprint density at radius 3 is 2.43 bits per heavy atom. The second-order valence-electron chi connectivity index (χ2n) is 5.93. The minimum Gasteiger partial charge on any atom is -0.483 e. The topological polar surface area (TPSA) is 66.8 Å². The van der Waals surface area contributed by atoms with E-state index in [4.69, 9.17) is 14.6 Å². The molecule has 0 radical (unpaired) electrons. The molecule has 0 bridgehead atoms. The molecule has 116 valence electrons. The Bertz CT molecular complexity index is 453. The minimum atomic E-state index is -0.415. The van der Waals surface area contributed by atoms with Crippen LogP contribution in [0.5, 0.6) is 0 Å². The van der Waals surface area contributed by atoms with Gasteiger partial charge >= 0.3 is 6.09 Å². The van der Waals surface area contributed by atoms with E-state index in [2.05, 4.69) is 12.1 Å². The second kappa shape index (κ2) is 7.67. The van der Waals surface area contributed by atoms with Crippen LogP contribution in [0.3, 0.4) is 0 Å². The molecule has 0 aliphatic carbocycles. The third-order valence-corrected chi connectivity index (χ3v) is 3.11. The molecule has 1 aliphatic rings. The summed E-state index contributed by atoms with van der Waals surface area (Å²) in [5, 5.41) is 6.89. The molecular formula is C16H23NO4. The number of hydrogen-bond donors (Lipinski definition) is 1. The predicted molar refractivity (Wildman–Crippen MR) is 80.3 cm³/mol. The zero-order valence-electron chi connectivity index (χ0n) is 12.8. The highest BCUT2D eigenvalue weighted by Gasteiger charge is 2.30. The van der Waals surface area contributed by atoms with Crippen LogP contribution in [0.15, 0.2) is 30.3 Å². The van der Waals surface area contributed by atoms with Crippen LogP contribution in [0.2, 0.25) is 0 Å². The van der Waals surface area contributed by atoms with Crippen molar-refractivity contribution in [3.63, 3.8) is 0 Å². The molecule has 1 fully saturated rings. The normalized spacial score (nSPS) is 17.7. The van der Waals surface area contributed by atoms with E-state index in [-0.39, 0.29) is 12.6 Å². The first kappa shape index (κ1) is 17.0. The lowest BCUT2D eigenvalue weighted by atomic mass is 9.99. The Labute approximate surface area is 125 Å². The number of ether oxygens (including phenoxy) is 1. The van der Waals surface area contributed by atoms with E-state index in [1.165, 1.54) is 5.56 Å². The van der Waals surface area contributed by atoms with Crippen molar-refractivity contribution in [2.45, 2.75) is 38.7 Å². The van der Waals surface area contributed by atoms with Gasteiger partial charge in [-0.15, -0.1) is 0 Å². The van der Waals surface area contributed by atoms with Gasteiger partial charge in [0.2, 0.25) is 0 Å². The smallest absolute Gasteiger partial charge is 0.410 e. The van der Waals surface area contributed by atoms with Crippen LogP contribution in [0, 0.1) is 0 Å². The van der Waals surface area contributed by atoms with E-state index in [0.29, 0.717) is 5.92 Å². The summed E-state index contributed by atoms with van der Waals surface area (Å²) in [6.07, 6.45) is 0.824. The summed E-state index contributed by atoms with van der Waals surface area (Å²) in [6.45, 7) is 6.99. The molecule has 1 N–H and O–H groups in total. The highest BCUT2D eigenvalue weighted by Crippen LogP contribution is 2.27. The summed E-state index contributed by atoms with van der Waals surface area (Å²) in [5.74, 6) is 0.443. The van der Waals surface area contributed by atoms with Crippen molar-refractivity contribution in [2.24, 2.45) is 0 Å². The fourth-order valence-electron chi connectivity index (χ4n) is 2.25. The van der Waals surface area contributed by atoms with E-state index in [1.807, 2.05) is 43.9 Å². The van der Waals surface area contributed by atoms with E-state index < -0.39 is 5.60 Å². The molecule has 0 saturated carbocycles. The second-order valence-corrected chi connectivity index (χ2v) is 5.93. The molecule has 1 amide bonds. The highest BCUT2D eigenvalue weighted by molar-refractivity contribution is 5.68. The van der Waals surface area contributed by atoms with Crippen molar-refractivity contribution >= 4 is 12.6 Å². The van der Waals surface area contributed by atoms with Gasteiger partial charge in [-0.25, -0.2) is 4.79 Å². The predicted octanol–water partition coefficient (Wildman–Crippen LogP) is 3.11. The molecule has 0 spiro atoms. The van der Waals surface area contributed by atoms with Crippen molar-refractivity contribution in [3.05, 3.63) is 35.9 Å². The first-order valence-corrected chi connectivity index (χ1v) is 6.98. The molecule has 1 atom stereocenters. The summed E-state index contributed by atoms with van der Waals surface area (Å²) in [5.41, 5.74) is 0.894. The van der Waals surface area contributed by atoms with Gasteiger partial charge in [-0.2, -0.15) is 0 Å². The molecule has 0 aromatic heterocycles. The zero-order chi connectivity index (χ0) is 15.9. The quantitative estimate of drug-likeness (QED) is 0.808. The molecular weight excluding hydrogens is 270 g/mol. The Morgan fingerprint density at radius 2 is 1.90 bits per heavy atom. The van der Waals surface area contributed by atoms with Crippen molar-refractivity contribution in [2.75, 3.05) is 13.1 Å². The zero-order valence-corrected chi connectivity index (χ0v) is 12.8. The number of hydrogen-bond acceptors (Lipinski definition) is 3. The highest BCUT2D eigenvalue weighted by atomic mass is 16.6. The van der Waals surface area contributed by atoms with Gasteiger partial charge in [0, 0.05) is 19.0 Å². The van der Waals surface area contributed by atoms with Crippen molar-refractivity contribution < 1.29 is 19.4 Å². The first-order chi connectivity index (χ1) is 9.87. The van der Waals surface area contributed by atoms with Gasteiger partial charge in [-0.3, -0.25) is 4.79 Å². The number of rotatable bonds is 1. The Hall–Kier alpha value is -2.04. The summed E-state index contributed by atoms with van der Waals surface area (Å²) in [6, 6.07) is 10.4. The number of carbonyl (C=O) groups excluding carboxylic acids is 1. The van der Waals surface area contributed by atoms with Crippen LogP contribution in [0.4, 0.5) is 4.79 Å². The summed E-state index contributed by atoms with van der Waals surface area (Å²) < 4.78 is 5.39. The van der Waals surface area contributed by atoms with Crippen molar-refractivity contribution in [3.8, 4) is 0 Å². The summed E-state index contributed by atoms with van der Waals surface area (Å²) >= 11 is 0. The monoisotopic (exact) mass is 293 g/mol. The SMILES string of the molecule is CC(C)(C)OC(=O)N1CC[C@@H](c2ccccc2)C1.O=CO. The van der Waals surface area contributed by atoms with Crippen molar-refractivity contribution in [1.82, 2.24) is 4.90 Å². The number of likely N-dealkylation sites (tertiary alicyclic amines) is 1. The van der Waals surface area contributed by atoms with Crippen LogP contribution in [-0.2, 0) is 9.53 Å². The van der Waals surface area contributed by atoms with Gasteiger partial charge in [0.1, 0.15) is 5.60 Å².